The maximum Gasteiger partial charge on any atom is 0.306 e. The predicted octanol–water partition coefficient (Wildman–Crippen LogP) is 23.5. The SMILES string of the molecule is CC/C=C\C/C=C\C/C=C\C/C=C\CCCCCCCCCCC(=O)OC(COC(=O)CCCCCCC/C=C\CCCCCCC)COC(=O)CCCCCCCCCCCCCCCCCCCCCCCCCCC. The van der Waals surface area contributed by atoms with Crippen LogP contribution < -0.4 is 0 Å². The first-order valence-corrected chi connectivity index (χ1v) is 34.3. The predicted molar refractivity (Wildman–Crippen MR) is 339 cm³/mol. The van der Waals surface area contributed by atoms with Crippen molar-refractivity contribution in [1.82, 2.24) is 0 Å². The van der Waals surface area contributed by atoms with Gasteiger partial charge in [0.25, 0.3) is 0 Å². The Morgan fingerprint density at radius 2 is 0.500 bits per heavy atom. The Kier molecular flexibility index (Phi) is 64.2. The number of rotatable bonds is 63. The summed E-state index contributed by atoms with van der Waals surface area (Å²) in [5, 5.41) is 0. The molecule has 0 aliphatic heterocycles. The Labute approximate surface area is 485 Å². The number of carbonyl (C=O) groups is 3. The Bertz CT molecular complexity index is 1390. The molecule has 0 rings (SSSR count). The molecule has 0 aromatic carbocycles. The van der Waals surface area contributed by atoms with Gasteiger partial charge in [-0.25, -0.2) is 0 Å². The van der Waals surface area contributed by atoms with E-state index in [1.165, 1.54) is 225 Å². The summed E-state index contributed by atoms with van der Waals surface area (Å²) < 4.78 is 17.0. The summed E-state index contributed by atoms with van der Waals surface area (Å²) in [4.78, 5) is 38.4. The van der Waals surface area contributed by atoms with Crippen LogP contribution >= 0.6 is 0 Å². The van der Waals surface area contributed by atoms with Crippen molar-refractivity contribution < 1.29 is 28.6 Å². The maximum absolute atomic E-state index is 12.9. The van der Waals surface area contributed by atoms with E-state index in [2.05, 4.69) is 81.5 Å². The first-order chi connectivity index (χ1) is 38.5. The molecule has 0 aromatic heterocycles. The molecule has 6 nitrogen and oxygen atoms in total. The molecule has 0 aliphatic carbocycles. The van der Waals surface area contributed by atoms with Gasteiger partial charge in [0, 0.05) is 19.3 Å². The molecule has 0 saturated heterocycles. The molecule has 454 valence electrons. The standard InChI is InChI=1S/C72H130O6/c1-4-7-10-13-16-19-22-25-28-30-32-34-35-36-37-39-40-42-44-47-50-53-56-59-62-65-71(74)77-68-69(67-76-70(73)64-61-58-55-52-49-46-27-24-21-18-15-12-9-6-3)78-72(75)66-63-60-57-54-51-48-45-43-41-38-33-31-29-26-23-20-17-14-11-8-5-2/h8,11,17,20,24,26-27,29,33,38,69H,4-7,9-10,12-16,18-19,21-23,25,28,30-32,34-37,39-68H2,1-3H3/b11-8-,20-17-,27-24-,29-26-,38-33-. The Morgan fingerprint density at radius 1 is 0.269 bits per heavy atom. The fourth-order valence-corrected chi connectivity index (χ4v) is 10.1. The number of hydrogen-bond acceptors (Lipinski definition) is 6. The molecule has 0 N–H and O–H groups in total. The van der Waals surface area contributed by atoms with Crippen molar-refractivity contribution >= 4 is 17.9 Å². The van der Waals surface area contributed by atoms with Gasteiger partial charge in [0.2, 0.25) is 0 Å². The van der Waals surface area contributed by atoms with E-state index in [1.807, 2.05) is 0 Å². The molecule has 0 radical (unpaired) electrons. The number of allylic oxidation sites excluding steroid dienone is 10. The van der Waals surface area contributed by atoms with Gasteiger partial charge in [-0.15, -0.1) is 0 Å². The van der Waals surface area contributed by atoms with Gasteiger partial charge in [-0.1, -0.05) is 319 Å². The van der Waals surface area contributed by atoms with E-state index >= 15 is 0 Å². The zero-order valence-electron chi connectivity index (χ0n) is 52.2. The van der Waals surface area contributed by atoms with Crippen LogP contribution in [0.4, 0.5) is 0 Å². The zero-order chi connectivity index (χ0) is 56.4. The molecular weight excluding hydrogens is 961 g/mol. The van der Waals surface area contributed by atoms with E-state index < -0.39 is 6.10 Å². The van der Waals surface area contributed by atoms with Crippen molar-refractivity contribution in [3.8, 4) is 0 Å². The second-order valence-electron chi connectivity index (χ2n) is 23.1. The van der Waals surface area contributed by atoms with Gasteiger partial charge in [-0.3, -0.25) is 14.4 Å². The van der Waals surface area contributed by atoms with Gasteiger partial charge in [0.05, 0.1) is 0 Å². The van der Waals surface area contributed by atoms with Crippen LogP contribution in [0.15, 0.2) is 60.8 Å². The van der Waals surface area contributed by atoms with E-state index in [9.17, 15) is 14.4 Å². The van der Waals surface area contributed by atoms with Crippen molar-refractivity contribution in [2.24, 2.45) is 0 Å². The molecule has 78 heavy (non-hydrogen) atoms. The molecular formula is C72H130O6. The molecule has 0 saturated carbocycles. The fourth-order valence-electron chi connectivity index (χ4n) is 10.1. The number of unbranched alkanes of at least 4 members (excludes halogenated alkanes) is 42. The molecule has 1 unspecified atom stereocenters. The minimum absolute atomic E-state index is 0.0765. The summed E-state index contributed by atoms with van der Waals surface area (Å²) in [6, 6.07) is 0. The van der Waals surface area contributed by atoms with Gasteiger partial charge in [0.15, 0.2) is 6.10 Å². The minimum atomic E-state index is -0.782. The highest BCUT2D eigenvalue weighted by atomic mass is 16.6. The quantitative estimate of drug-likeness (QED) is 0.0261. The van der Waals surface area contributed by atoms with Gasteiger partial charge < -0.3 is 14.2 Å². The first kappa shape index (κ1) is 75.1. The monoisotopic (exact) mass is 1090 g/mol. The molecule has 0 heterocycles. The second kappa shape index (κ2) is 66.6. The minimum Gasteiger partial charge on any atom is -0.462 e. The Hall–Kier alpha value is -2.89. The van der Waals surface area contributed by atoms with E-state index in [1.54, 1.807) is 0 Å². The highest BCUT2D eigenvalue weighted by Crippen LogP contribution is 2.18. The van der Waals surface area contributed by atoms with E-state index in [4.69, 9.17) is 14.2 Å². The van der Waals surface area contributed by atoms with Gasteiger partial charge in [-0.05, 0) is 83.5 Å². The Morgan fingerprint density at radius 3 is 0.795 bits per heavy atom. The number of carbonyl (C=O) groups excluding carboxylic acids is 3. The van der Waals surface area contributed by atoms with Crippen LogP contribution in [0.1, 0.15) is 361 Å². The van der Waals surface area contributed by atoms with E-state index in [0.29, 0.717) is 19.3 Å². The number of hydrogen-bond donors (Lipinski definition) is 0. The molecule has 0 spiro atoms. The lowest BCUT2D eigenvalue weighted by Crippen LogP contribution is -2.30. The fraction of sp³-hybridized carbons (Fsp3) is 0.819. The summed E-state index contributed by atoms with van der Waals surface area (Å²) in [6.45, 7) is 6.56. The third kappa shape index (κ3) is 63.9. The smallest absolute Gasteiger partial charge is 0.306 e. The Balaban J connectivity index is 4.28. The molecule has 0 fully saturated rings. The number of esters is 3. The largest absolute Gasteiger partial charge is 0.462 e. The molecule has 0 bridgehead atoms. The van der Waals surface area contributed by atoms with Crippen molar-refractivity contribution in [2.45, 2.75) is 367 Å². The van der Waals surface area contributed by atoms with Crippen LogP contribution in [0.5, 0.6) is 0 Å². The highest BCUT2D eigenvalue weighted by Gasteiger charge is 2.19. The normalized spacial score (nSPS) is 12.4. The van der Waals surface area contributed by atoms with E-state index in [-0.39, 0.29) is 31.1 Å². The van der Waals surface area contributed by atoms with Crippen LogP contribution in [-0.2, 0) is 28.6 Å². The highest BCUT2D eigenvalue weighted by molar-refractivity contribution is 5.71. The topological polar surface area (TPSA) is 78.9 Å². The average Bonchev–Trinajstić information content (AvgIpc) is 3.44. The van der Waals surface area contributed by atoms with Gasteiger partial charge in [0.1, 0.15) is 13.2 Å². The lowest BCUT2D eigenvalue weighted by Gasteiger charge is -2.18. The van der Waals surface area contributed by atoms with Crippen LogP contribution in [0.2, 0.25) is 0 Å². The zero-order valence-corrected chi connectivity index (χ0v) is 52.2. The molecule has 0 aliphatic rings. The number of ether oxygens (including phenoxy) is 3. The van der Waals surface area contributed by atoms with Gasteiger partial charge >= 0.3 is 17.9 Å². The summed E-state index contributed by atoms with van der Waals surface area (Å²) in [6.07, 6.45) is 85.3. The first-order valence-electron chi connectivity index (χ1n) is 34.3. The van der Waals surface area contributed by atoms with Crippen molar-refractivity contribution in [3.63, 3.8) is 0 Å². The summed E-state index contributed by atoms with van der Waals surface area (Å²) >= 11 is 0. The third-order valence-electron chi connectivity index (χ3n) is 15.3. The van der Waals surface area contributed by atoms with Gasteiger partial charge in [-0.2, -0.15) is 0 Å². The van der Waals surface area contributed by atoms with Crippen molar-refractivity contribution in [1.29, 1.82) is 0 Å². The van der Waals surface area contributed by atoms with Crippen LogP contribution in [0.25, 0.3) is 0 Å². The van der Waals surface area contributed by atoms with Crippen LogP contribution in [0, 0.1) is 0 Å². The summed E-state index contributed by atoms with van der Waals surface area (Å²) in [5.41, 5.74) is 0. The maximum atomic E-state index is 12.9. The summed E-state index contributed by atoms with van der Waals surface area (Å²) in [5.74, 6) is -0.872. The third-order valence-corrected chi connectivity index (χ3v) is 15.3. The lowest BCUT2D eigenvalue weighted by molar-refractivity contribution is -0.167. The molecule has 0 amide bonds. The van der Waals surface area contributed by atoms with Crippen LogP contribution in [-0.4, -0.2) is 37.2 Å². The second-order valence-corrected chi connectivity index (χ2v) is 23.1. The molecule has 1 atom stereocenters. The summed E-state index contributed by atoms with van der Waals surface area (Å²) in [7, 11) is 0. The van der Waals surface area contributed by atoms with Crippen LogP contribution in [0.3, 0.4) is 0 Å². The van der Waals surface area contributed by atoms with E-state index in [0.717, 1.165) is 96.3 Å². The average molecular weight is 1090 g/mol. The van der Waals surface area contributed by atoms with Crippen molar-refractivity contribution in [2.75, 3.05) is 13.2 Å². The molecule has 0 aromatic rings. The lowest BCUT2D eigenvalue weighted by atomic mass is 10.0. The molecule has 6 heteroatoms. The van der Waals surface area contributed by atoms with Crippen molar-refractivity contribution in [3.05, 3.63) is 60.8 Å².